The Morgan fingerprint density at radius 2 is 2.35 bits per heavy atom. The number of carbonyl (C=O) groups excluding carboxylic acids is 1. The molecule has 110 valence electrons. The second-order valence-corrected chi connectivity index (χ2v) is 5.25. The van der Waals surface area contributed by atoms with E-state index in [1.54, 1.807) is 30.1 Å². The molecule has 1 aliphatic rings. The number of phenolic OH excluding ortho intramolecular Hbond substituents is 1. The van der Waals surface area contributed by atoms with E-state index < -0.39 is 0 Å². The highest BCUT2D eigenvalue weighted by Gasteiger charge is 2.20. The fourth-order valence-corrected chi connectivity index (χ4v) is 2.48. The summed E-state index contributed by atoms with van der Waals surface area (Å²) in [5, 5.41) is 12.9. The van der Waals surface area contributed by atoms with E-state index >= 15 is 0 Å². The third-order valence-electron chi connectivity index (χ3n) is 3.67. The summed E-state index contributed by atoms with van der Waals surface area (Å²) in [4.78, 5) is 13.8. The van der Waals surface area contributed by atoms with E-state index in [1.165, 1.54) is 7.11 Å². The number of nitrogens with one attached hydrogen (secondary N) is 1. The number of rotatable bonds is 5. The molecular formula is C15H22N2O3. The third-order valence-corrected chi connectivity index (χ3v) is 3.67. The van der Waals surface area contributed by atoms with E-state index in [4.69, 9.17) is 4.74 Å². The van der Waals surface area contributed by atoms with Crippen molar-refractivity contribution in [1.29, 1.82) is 0 Å². The van der Waals surface area contributed by atoms with Crippen molar-refractivity contribution in [2.75, 3.05) is 20.7 Å². The number of amides is 1. The highest BCUT2D eigenvalue weighted by atomic mass is 16.5. The Hall–Kier alpha value is -1.75. The topological polar surface area (TPSA) is 61.8 Å². The zero-order chi connectivity index (χ0) is 14.5. The molecule has 1 aromatic carbocycles. The van der Waals surface area contributed by atoms with Crippen molar-refractivity contribution in [2.24, 2.45) is 0 Å². The molecule has 2 N–H and O–H groups in total. The molecule has 0 aromatic heterocycles. The van der Waals surface area contributed by atoms with Crippen molar-refractivity contribution in [3.8, 4) is 11.5 Å². The van der Waals surface area contributed by atoms with Gasteiger partial charge >= 0.3 is 0 Å². The minimum atomic E-state index is 0.111. The van der Waals surface area contributed by atoms with Crippen molar-refractivity contribution in [3.63, 3.8) is 0 Å². The molecule has 5 heteroatoms. The van der Waals surface area contributed by atoms with Gasteiger partial charge in [-0.25, -0.2) is 0 Å². The van der Waals surface area contributed by atoms with E-state index in [0.29, 0.717) is 24.8 Å². The number of nitrogens with zero attached hydrogens (tertiary/aromatic N) is 1. The first-order valence-electron chi connectivity index (χ1n) is 6.93. The van der Waals surface area contributed by atoms with Crippen molar-refractivity contribution in [3.05, 3.63) is 23.8 Å². The lowest BCUT2D eigenvalue weighted by Crippen LogP contribution is -2.33. The van der Waals surface area contributed by atoms with Gasteiger partial charge in [0.25, 0.3) is 0 Å². The zero-order valence-electron chi connectivity index (χ0n) is 12.1. The Labute approximate surface area is 119 Å². The first kappa shape index (κ1) is 14.7. The number of aromatic hydroxyl groups is 1. The molecule has 1 fully saturated rings. The lowest BCUT2D eigenvalue weighted by atomic mass is 10.1. The standard InChI is InChI=1S/C15H22N2O3/c1-17(15(19)9-12-4-3-7-16-12)10-11-5-6-13(18)14(8-11)20-2/h5-6,8,12,16,18H,3-4,7,9-10H2,1-2H3. The molecule has 0 radical (unpaired) electrons. The Bertz CT molecular complexity index is 470. The van der Waals surface area contributed by atoms with Gasteiger partial charge in [0, 0.05) is 26.1 Å². The number of hydrogen-bond acceptors (Lipinski definition) is 4. The average Bonchev–Trinajstić information content (AvgIpc) is 2.93. The smallest absolute Gasteiger partial charge is 0.224 e. The highest BCUT2D eigenvalue weighted by molar-refractivity contribution is 5.76. The molecular weight excluding hydrogens is 256 g/mol. The monoisotopic (exact) mass is 278 g/mol. The summed E-state index contributed by atoms with van der Waals surface area (Å²) < 4.78 is 5.07. The van der Waals surface area contributed by atoms with Crippen molar-refractivity contribution in [1.82, 2.24) is 10.2 Å². The molecule has 1 amide bonds. The van der Waals surface area contributed by atoms with Crippen LogP contribution >= 0.6 is 0 Å². The molecule has 20 heavy (non-hydrogen) atoms. The van der Waals surface area contributed by atoms with Crippen molar-refractivity contribution >= 4 is 5.91 Å². The van der Waals surface area contributed by atoms with Crippen LogP contribution in [-0.4, -0.2) is 42.7 Å². The molecule has 1 atom stereocenters. The van der Waals surface area contributed by atoms with Gasteiger partial charge in [-0.05, 0) is 37.1 Å². The van der Waals surface area contributed by atoms with Crippen LogP contribution in [0.25, 0.3) is 0 Å². The van der Waals surface area contributed by atoms with Crippen LogP contribution < -0.4 is 10.1 Å². The first-order chi connectivity index (χ1) is 9.60. The largest absolute Gasteiger partial charge is 0.504 e. The minimum absolute atomic E-state index is 0.111. The van der Waals surface area contributed by atoms with Gasteiger partial charge in [-0.15, -0.1) is 0 Å². The number of ether oxygens (including phenoxy) is 1. The first-order valence-corrected chi connectivity index (χ1v) is 6.93. The van der Waals surface area contributed by atoms with Crippen molar-refractivity contribution < 1.29 is 14.6 Å². The second-order valence-electron chi connectivity index (χ2n) is 5.25. The van der Waals surface area contributed by atoms with Crippen LogP contribution in [-0.2, 0) is 11.3 Å². The summed E-state index contributed by atoms with van der Waals surface area (Å²) in [5.74, 6) is 0.678. The van der Waals surface area contributed by atoms with Gasteiger partial charge in [-0.2, -0.15) is 0 Å². The Kier molecular flexibility index (Phi) is 4.84. The van der Waals surface area contributed by atoms with E-state index in [2.05, 4.69) is 5.32 Å². The predicted molar refractivity (Wildman–Crippen MR) is 76.8 cm³/mol. The quantitative estimate of drug-likeness (QED) is 0.857. The number of hydrogen-bond donors (Lipinski definition) is 2. The number of benzene rings is 1. The van der Waals surface area contributed by atoms with Gasteiger partial charge in [0.2, 0.25) is 5.91 Å². The Morgan fingerprint density at radius 1 is 1.55 bits per heavy atom. The van der Waals surface area contributed by atoms with Gasteiger partial charge in [0.15, 0.2) is 11.5 Å². The van der Waals surface area contributed by atoms with E-state index in [0.717, 1.165) is 24.9 Å². The van der Waals surface area contributed by atoms with Gasteiger partial charge < -0.3 is 20.1 Å². The van der Waals surface area contributed by atoms with Gasteiger partial charge in [0.05, 0.1) is 7.11 Å². The van der Waals surface area contributed by atoms with Crippen LogP contribution in [0.4, 0.5) is 0 Å². The molecule has 5 nitrogen and oxygen atoms in total. The van der Waals surface area contributed by atoms with Crippen LogP contribution in [0, 0.1) is 0 Å². The van der Waals surface area contributed by atoms with Crippen LogP contribution in [0.15, 0.2) is 18.2 Å². The summed E-state index contributed by atoms with van der Waals surface area (Å²) in [6.07, 6.45) is 2.77. The molecule has 1 saturated heterocycles. The van der Waals surface area contributed by atoms with Crippen molar-refractivity contribution in [2.45, 2.75) is 31.8 Å². The maximum atomic E-state index is 12.1. The molecule has 1 aromatic rings. The van der Waals surface area contributed by atoms with E-state index in [-0.39, 0.29) is 11.7 Å². The Morgan fingerprint density at radius 3 is 3.00 bits per heavy atom. The maximum Gasteiger partial charge on any atom is 0.224 e. The van der Waals surface area contributed by atoms with Crippen LogP contribution in [0.3, 0.4) is 0 Å². The molecule has 1 aliphatic heterocycles. The van der Waals surface area contributed by atoms with Gasteiger partial charge in [0.1, 0.15) is 0 Å². The van der Waals surface area contributed by atoms with E-state index in [9.17, 15) is 9.90 Å². The average molecular weight is 278 g/mol. The van der Waals surface area contributed by atoms with Crippen LogP contribution in [0.2, 0.25) is 0 Å². The molecule has 0 spiro atoms. The minimum Gasteiger partial charge on any atom is -0.504 e. The van der Waals surface area contributed by atoms with Gasteiger partial charge in [-0.1, -0.05) is 6.07 Å². The summed E-state index contributed by atoms with van der Waals surface area (Å²) >= 11 is 0. The molecule has 2 rings (SSSR count). The van der Waals surface area contributed by atoms with Gasteiger partial charge in [-0.3, -0.25) is 4.79 Å². The lowest BCUT2D eigenvalue weighted by molar-refractivity contribution is -0.130. The van der Waals surface area contributed by atoms with Crippen LogP contribution in [0.5, 0.6) is 11.5 Å². The highest BCUT2D eigenvalue weighted by Crippen LogP contribution is 2.26. The van der Waals surface area contributed by atoms with Crippen LogP contribution in [0.1, 0.15) is 24.8 Å². The molecule has 1 unspecified atom stereocenters. The maximum absolute atomic E-state index is 12.1. The normalized spacial score (nSPS) is 18.0. The molecule has 1 heterocycles. The molecule has 0 aliphatic carbocycles. The molecule has 0 saturated carbocycles. The molecule has 0 bridgehead atoms. The fourth-order valence-electron chi connectivity index (χ4n) is 2.48. The van der Waals surface area contributed by atoms with E-state index in [1.807, 2.05) is 0 Å². The summed E-state index contributed by atoms with van der Waals surface area (Å²) in [5.41, 5.74) is 0.940. The fraction of sp³-hybridized carbons (Fsp3) is 0.533. The predicted octanol–water partition coefficient (Wildman–Crippen LogP) is 1.50. The summed E-state index contributed by atoms with van der Waals surface area (Å²) in [6, 6.07) is 5.47. The SMILES string of the molecule is COc1cc(CN(C)C(=O)CC2CCCN2)ccc1O. The lowest BCUT2D eigenvalue weighted by Gasteiger charge is -2.20. The number of phenols is 1. The zero-order valence-corrected chi connectivity index (χ0v) is 12.1. The summed E-state index contributed by atoms with van der Waals surface area (Å²) in [7, 11) is 3.32. The second kappa shape index (κ2) is 6.61. The Balaban J connectivity index is 1.92. The summed E-state index contributed by atoms with van der Waals surface area (Å²) in [6.45, 7) is 1.53. The number of methoxy groups -OCH3 is 1. The number of carbonyl (C=O) groups is 1. The third kappa shape index (κ3) is 3.63.